The van der Waals surface area contributed by atoms with Crippen molar-refractivity contribution in [3.63, 3.8) is 0 Å². The first-order chi connectivity index (χ1) is 7.59. The molecule has 1 aromatic rings. The van der Waals surface area contributed by atoms with E-state index in [0.29, 0.717) is 0 Å². The monoisotopic (exact) mass is 222 g/mol. The maximum atomic E-state index is 10.8. The molecule has 0 bridgehead atoms. The van der Waals surface area contributed by atoms with Gasteiger partial charge in [0, 0.05) is 12.0 Å². The topological polar surface area (TPSA) is 50.4 Å². The van der Waals surface area contributed by atoms with Crippen LogP contribution in [0.2, 0.25) is 0 Å². The van der Waals surface area contributed by atoms with Crippen LogP contribution in [0.15, 0.2) is 4.42 Å². The Kier molecular flexibility index (Phi) is 3.03. The minimum absolute atomic E-state index is 0.0584. The summed E-state index contributed by atoms with van der Waals surface area (Å²) in [5.41, 5.74) is 2.44. The standard InChI is InChI=1S/C13H18O3/c1-8(7-12(14)15)13-9(2)16-11-6-4-3-5-10(11)13/h8H,3-7H2,1-2H3,(H,14,15). The minimum Gasteiger partial charge on any atom is -0.481 e. The van der Waals surface area contributed by atoms with Gasteiger partial charge in [-0.05, 0) is 37.7 Å². The number of aliphatic carboxylic acids is 1. The van der Waals surface area contributed by atoms with Crippen molar-refractivity contribution < 1.29 is 14.3 Å². The van der Waals surface area contributed by atoms with E-state index in [-0.39, 0.29) is 12.3 Å². The minimum atomic E-state index is -0.738. The maximum Gasteiger partial charge on any atom is 0.303 e. The molecule has 0 aromatic carbocycles. The van der Waals surface area contributed by atoms with Gasteiger partial charge in [-0.2, -0.15) is 0 Å². The van der Waals surface area contributed by atoms with Crippen LogP contribution in [-0.4, -0.2) is 11.1 Å². The number of carboxylic acids is 1. The third-order valence-electron chi connectivity index (χ3n) is 3.37. The number of aryl methyl sites for hydroxylation is 2. The summed E-state index contributed by atoms with van der Waals surface area (Å²) in [4.78, 5) is 10.8. The third kappa shape index (κ3) is 1.99. The van der Waals surface area contributed by atoms with Gasteiger partial charge in [0.15, 0.2) is 0 Å². The Labute approximate surface area is 95.5 Å². The van der Waals surface area contributed by atoms with Gasteiger partial charge in [0.05, 0.1) is 6.42 Å². The van der Waals surface area contributed by atoms with Gasteiger partial charge in [-0.25, -0.2) is 0 Å². The molecule has 1 N–H and O–H groups in total. The van der Waals surface area contributed by atoms with Crippen LogP contribution in [-0.2, 0) is 17.6 Å². The van der Waals surface area contributed by atoms with Crippen molar-refractivity contribution in [2.45, 2.75) is 51.9 Å². The highest BCUT2D eigenvalue weighted by Gasteiger charge is 2.24. The highest BCUT2D eigenvalue weighted by atomic mass is 16.4. The molecule has 1 aliphatic rings. The molecule has 0 amide bonds. The predicted molar refractivity (Wildman–Crippen MR) is 60.8 cm³/mol. The lowest BCUT2D eigenvalue weighted by molar-refractivity contribution is -0.137. The molecule has 1 atom stereocenters. The first-order valence-electron chi connectivity index (χ1n) is 5.92. The maximum absolute atomic E-state index is 10.8. The highest BCUT2D eigenvalue weighted by molar-refractivity contribution is 5.68. The van der Waals surface area contributed by atoms with Crippen molar-refractivity contribution in [1.29, 1.82) is 0 Å². The molecule has 0 aliphatic heterocycles. The third-order valence-corrected chi connectivity index (χ3v) is 3.37. The fourth-order valence-electron chi connectivity index (χ4n) is 2.74. The van der Waals surface area contributed by atoms with Gasteiger partial charge >= 0.3 is 5.97 Å². The van der Waals surface area contributed by atoms with Crippen LogP contribution in [0.3, 0.4) is 0 Å². The molecule has 0 fully saturated rings. The smallest absolute Gasteiger partial charge is 0.303 e. The van der Waals surface area contributed by atoms with Crippen molar-refractivity contribution in [3.05, 3.63) is 22.6 Å². The molecule has 16 heavy (non-hydrogen) atoms. The van der Waals surface area contributed by atoms with E-state index in [1.54, 1.807) is 0 Å². The van der Waals surface area contributed by atoms with Crippen LogP contribution in [0.5, 0.6) is 0 Å². The van der Waals surface area contributed by atoms with Crippen LogP contribution in [0.1, 0.15) is 54.8 Å². The first-order valence-corrected chi connectivity index (χ1v) is 5.92. The fourth-order valence-corrected chi connectivity index (χ4v) is 2.74. The fraction of sp³-hybridized carbons (Fsp3) is 0.615. The van der Waals surface area contributed by atoms with Crippen LogP contribution in [0, 0.1) is 6.92 Å². The Morgan fingerprint density at radius 1 is 1.44 bits per heavy atom. The lowest BCUT2D eigenvalue weighted by atomic mass is 9.88. The van der Waals surface area contributed by atoms with Gasteiger partial charge in [0.25, 0.3) is 0 Å². The Morgan fingerprint density at radius 3 is 2.81 bits per heavy atom. The van der Waals surface area contributed by atoms with E-state index in [0.717, 1.165) is 29.9 Å². The first kappa shape index (κ1) is 11.2. The molecule has 0 radical (unpaired) electrons. The van der Waals surface area contributed by atoms with E-state index in [2.05, 4.69) is 0 Å². The second kappa shape index (κ2) is 4.32. The number of furan rings is 1. The lowest BCUT2D eigenvalue weighted by Crippen LogP contribution is -2.07. The van der Waals surface area contributed by atoms with E-state index in [1.165, 1.54) is 18.4 Å². The van der Waals surface area contributed by atoms with Crippen molar-refractivity contribution in [3.8, 4) is 0 Å². The SMILES string of the molecule is Cc1oc2c(c1C(C)CC(=O)O)CCCC2. The summed E-state index contributed by atoms with van der Waals surface area (Å²) in [7, 11) is 0. The molecule has 1 aliphatic carbocycles. The second-order valence-electron chi connectivity index (χ2n) is 4.68. The van der Waals surface area contributed by atoms with Gasteiger partial charge in [-0.1, -0.05) is 6.92 Å². The van der Waals surface area contributed by atoms with E-state index < -0.39 is 5.97 Å². The number of hydrogen-bond donors (Lipinski definition) is 1. The average molecular weight is 222 g/mol. The summed E-state index contributed by atoms with van der Waals surface area (Å²) in [5.74, 6) is 1.33. The van der Waals surface area contributed by atoms with Crippen molar-refractivity contribution in [2.75, 3.05) is 0 Å². The summed E-state index contributed by atoms with van der Waals surface area (Å²) >= 11 is 0. The number of fused-ring (bicyclic) bond motifs is 1. The number of rotatable bonds is 3. The lowest BCUT2D eigenvalue weighted by Gasteiger charge is -2.14. The normalized spacial score (nSPS) is 16.9. The Balaban J connectivity index is 2.32. The van der Waals surface area contributed by atoms with E-state index in [1.807, 2.05) is 13.8 Å². The second-order valence-corrected chi connectivity index (χ2v) is 4.68. The molecule has 1 heterocycles. The molecule has 1 aromatic heterocycles. The van der Waals surface area contributed by atoms with Crippen LogP contribution in [0.25, 0.3) is 0 Å². The Hall–Kier alpha value is -1.25. The largest absolute Gasteiger partial charge is 0.481 e. The van der Waals surface area contributed by atoms with Crippen LogP contribution >= 0.6 is 0 Å². The van der Waals surface area contributed by atoms with Crippen molar-refractivity contribution in [1.82, 2.24) is 0 Å². The zero-order valence-corrected chi connectivity index (χ0v) is 9.88. The molecule has 0 spiro atoms. The van der Waals surface area contributed by atoms with Crippen molar-refractivity contribution >= 4 is 5.97 Å². The highest BCUT2D eigenvalue weighted by Crippen LogP contribution is 2.35. The summed E-state index contributed by atoms with van der Waals surface area (Å²) in [6.07, 6.45) is 4.63. The molecule has 2 rings (SSSR count). The summed E-state index contributed by atoms with van der Waals surface area (Å²) < 4.78 is 5.75. The molecule has 3 nitrogen and oxygen atoms in total. The average Bonchev–Trinajstić information content (AvgIpc) is 2.52. The van der Waals surface area contributed by atoms with Crippen LogP contribution < -0.4 is 0 Å². The van der Waals surface area contributed by atoms with Crippen molar-refractivity contribution in [2.24, 2.45) is 0 Å². The van der Waals surface area contributed by atoms with E-state index in [4.69, 9.17) is 9.52 Å². The Bertz CT molecular complexity index is 404. The Morgan fingerprint density at radius 2 is 2.12 bits per heavy atom. The molecular weight excluding hydrogens is 204 g/mol. The van der Waals surface area contributed by atoms with E-state index >= 15 is 0 Å². The molecule has 1 unspecified atom stereocenters. The van der Waals surface area contributed by atoms with E-state index in [9.17, 15) is 4.79 Å². The van der Waals surface area contributed by atoms with Gasteiger partial charge in [0.2, 0.25) is 0 Å². The molecular formula is C13H18O3. The summed E-state index contributed by atoms with van der Waals surface area (Å²) in [6.45, 7) is 3.92. The summed E-state index contributed by atoms with van der Waals surface area (Å²) in [5, 5.41) is 8.85. The zero-order valence-electron chi connectivity index (χ0n) is 9.88. The molecule has 0 saturated heterocycles. The molecule has 3 heteroatoms. The molecule has 0 saturated carbocycles. The number of carboxylic acid groups (broad SMARTS) is 1. The number of hydrogen-bond acceptors (Lipinski definition) is 2. The van der Waals surface area contributed by atoms with Gasteiger partial charge < -0.3 is 9.52 Å². The van der Waals surface area contributed by atoms with Gasteiger partial charge in [-0.3, -0.25) is 4.79 Å². The number of carbonyl (C=O) groups is 1. The summed E-state index contributed by atoms with van der Waals surface area (Å²) in [6, 6.07) is 0. The van der Waals surface area contributed by atoms with Gasteiger partial charge in [-0.15, -0.1) is 0 Å². The predicted octanol–water partition coefficient (Wildman–Crippen LogP) is 3.05. The van der Waals surface area contributed by atoms with Crippen LogP contribution in [0.4, 0.5) is 0 Å². The quantitative estimate of drug-likeness (QED) is 0.855. The molecule has 88 valence electrons. The zero-order chi connectivity index (χ0) is 11.7. The van der Waals surface area contributed by atoms with Gasteiger partial charge in [0.1, 0.15) is 11.5 Å².